The third-order valence-corrected chi connectivity index (χ3v) is 4.48. The minimum atomic E-state index is -0.696. The molecule has 2 aliphatic heterocycles. The van der Waals surface area contributed by atoms with Gasteiger partial charge in [-0.3, -0.25) is 0 Å². The molecule has 0 fully saturated rings. The van der Waals surface area contributed by atoms with Crippen molar-refractivity contribution < 1.29 is 29.3 Å². The Bertz CT molecular complexity index is 526. The van der Waals surface area contributed by atoms with Crippen LogP contribution in [0.25, 0.3) is 0 Å². The molecule has 2 N–H and O–H groups in total. The summed E-state index contributed by atoms with van der Waals surface area (Å²) < 4.78 is 10.5. The quantitative estimate of drug-likeness (QED) is 0.658. The molecule has 0 bridgehead atoms. The number of carbonyl (C=O) groups is 2. The van der Waals surface area contributed by atoms with Gasteiger partial charge in [0.05, 0.1) is 11.1 Å². The third kappa shape index (κ3) is 3.28. The van der Waals surface area contributed by atoms with E-state index in [1.54, 1.807) is 0 Å². The lowest BCUT2D eigenvalue weighted by Gasteiger charge is -2.15. The summed E-state index contributed by atoms with van der Waals surface area (Å²) in [5, 5.41) is 20.9. The fraction of sp³-hybridized carbons (Fsp3) is 0.667. The number of aliphatic hydroxyl groups excluding tert-OH is 2. The summed E-state index contributed by atoms with van der Waals surface area (Å²) in [4.78, 5) is 24.5. The molecule has 0 aromatic carbocycles. The Hall–Kier alpha value is -1.98. The van der Waals surface area contributed by atoms with Crippen LogP contribution in [-0.2, 0) is 19.1 Å². The minimum Gasteiger partial charge on any atom is -0.508 e. The number of esters is 2. The summed E-state index contributed by atoms with van der Waals surface area (Å²) in [5.41, 5.74) is 0.178. The number of carbonyl (C=O) groups excluding carboxylic acids is 2. The van der Waals surface area contributed by atoms with Crippen LogP contribution in [0.15, 0.2) is 22.7 Å². The fourth-order valence-corrected chi connectivity index (χ4v) is 3.33. The van der Waals surface area contributed by atoms with Crippen molar-refractivity contribution in [3.05, 3.63) is 22.7 Å². The Morgan fingerprint density at radius 1 is 0.833 bits per heavy atom. The number of hydrogen-bond acceptors (Lipinski definition) is 6. The first kappa shape index (κ1) is 18.4. The molecule has 0 aromatic rings. The highest BCUT2D eigenvalue weighted by molar-refractivity contribution is 5.99. The normalized spacial score (nSPS) is 25.3. The standard InChI is InChI=1S/C18H26O6/c1-4-7-10(13-15(19)11(8-5-2)23-17(13)21)14-16(20)12(9-6-3)24-18(14)22/h10-12,19-20H,4-9H2,1-3H3. The molecule has 24 heavy (non-hydrogen) atoms. The van der Waals surface area contributed by atoms with Gasteiger partial charge < -0.3 is 19.7 Å². The topological polar surface area (TPSA) is 93.1 Å². The Morgan fingerprint density at radius 3 is 1.58 bits per heavy atom. The van der Waals surface area contributed by atoms with Gasteiger partial charge in [-0.25, -0.2) is 9.59 Å². The number of aliphatic hydroxyl groups is 2. The van der Waals surface area contributed by atoms with Crippen molar-refractivity contribution in [3.63, 3.8) is 0 Å². The summed E-state index contributed by atoms with van der Waals surface area (Å²) in [6.45, 7) is 5.77. The zero-order valence-electron chi connectivity index (χ0n) is 14.5. The summed E-state index contributed by atoms with van der Waals surface area (Å²) in [7, 11) is 0. The zero-order valence-corrected chi connectivity index (χ0v) is 14.5. The summed E-state index contributed by atoms with van der Waals surface area (Å²) in [5.74, 6) is -2.16. The highest BCUT2D eigenvalue weighted by atomic mass is 16.6. The van der Waals surface area contributed by atoms with Gasteiger partial charge in [0, 0.05) is 5.92 Å². The van der Waals surface area contributed by atoms with Gasteiger partial charge in [-0.2, -0.15) is 0 Å². The molecule has 2 unspecified atom stereocenters. The van der Waals surface area contributed by atoms with Crippen LogP contribution in [0, 0.1) is 5.92 Å². The second kappa shape index (κ2) is 7.73. The predicted octanol–water partition coefficient (Wildman–Crippen LogP) is 3.48. The van der Waals surface area contributed by atoms with E-state index in [2.05, 4.69) is 0 Å². The molecule has 2 heterocycles. The second-order valence-corrected chi connectivity index (χ2v) is 6.30. The van der Waals surface area contributed by atoms with Crippen LogP contribution in [0.5, 0.6) is 0 Å². The van der Waals surface area contributed by atoms with Crippen molar-refractivity contribution >= 4 is 11.9 Å². The van der Waals surface area contributed by atoms with Crippen molar-refractivity contribution in [2.24, 2.45) is 5.92 Å². The molecule has 134 valence electrons. The van der Waals surface area contributed by atoms with E-state index >= 15 is 0 Å². The lowest BCUT2D eigenvalue weighted by molar-refractivity contribution is -0.141. The lowest BCUT2D eigenvalue weighted by atomic mass is 9.85. The monoisotopic (exact) mass is 338 g/mol. The van der Waals surface area contributed by atoms with Gasteiger partial charge >= 0.3 is 11.9 Å². The van der Waals surface area contributed by atoms with E-state index in [9.17, 15) is 19.8 Å². The van der Waals surface area contributed by atoms with Gasteiger partial charge in [-0.05, 0) is 19.3 Å². The second-order valence-electron chi connectivity index (χ2n) is 6.30. The molecule has 0 aliphatic carbocycles. The van der Waals surface area contributed by atoms with Gasteiger partial charge in [0.15, 0.2) is 12.2 Å². The zero-order chi connectivity index (χ0) is 17.9. The number of rotatable bonds is 8. The minimum absolute atomic E-state index is 0.0888. The highest BCUT2D eigenvalue weighted by Crippen LogP contribution is 2.40. The van der Waals surface area contributed by atoms with Crippen molar-refractivity contribution in [1.29, 1.82) is 0 Å². The highest BCUT2D eigenvalue weighted by Gasteiger charge is 2.45. The van der Waals surface area contributed by atoms with E-state index in [0.717, 1.165) is 12.8 Å². The molecule has 2 atom stereocenters. The van der Waals surface area contributed by atoms with Crippen molar-refractivity contribution in [3.8, 4) is 0 Å². The number of cyclic esters (lactones) is 2. The maximum atomic E-state index is 12.3. The van der Waals surface area contributed by atoms with Gasteiger partial charge in [0.2, 0.25) is 0 Å². The molecule has 6 nitrogen and oxygen atoms in total. The average molecular weight is 338 g/mol. The van der Waals surface area contributed by atoms with Crippen LogP contribution >= 0.6 is 0 Å². The first-order valence-electron chi connectivity index (χ1n) is 8.74. The molecular formula is C18H26O6. The Labute approximate surface area is 142 Å². The molecule has 0 spiro atoms. The first-order chi connectivity index (χ1) is 11.5. The van der Waals surface area contributed by atoms with E-state index in [1.807, 2.05) is 20.8 Å². The summed E-state index contributed by atoms with van der Waals surface area (Å²) in [6.07, 6.45) is 2.34. The van der Waals surface area contributed by atoms with Gasteiger partial charge in [0.25, 0.3) is 0 Å². The van der Waals surface area contributed by atoms with Crippen LogP contribution in [0.1, 0.15) is 59.3 Å². The molecule has 0 amide bonds. The van der Waals surface area contributed by atoms with E-state index in [1.165, 1.54) is 0 Å². The molecular weight excluding hydrogens is 312 g/mol. The van der Waals surface area contributed by atoms with E-state index in [4.69, 9.17) is 9.47 Å². The molecule has 0 aromatic heterocycles. The van der Waals surface area contributed by atoms with E-state index < -0.39 is 30.1 Å². The van der Waals surface area contributed by atoms with E-state index in [0.29, 0.717) is 25.7 Å². The SMILES string of the molecule is CCCC1OC(=O)C(C(CCC)C2=C(O)C(CCC)OC2=O)=C1O. The van der Waals surface area contributed by atoms with Crippen molar-refractivity contribution in [2.75, 3.05) is 0 Å². The number of hydrogen-bond donors (Lipinski definition) is 2. The Morgan fingerprint density at radius 2 is 1.25 bits per heavy atom. The molecule has 2 aliphatic rings. The first-order valence-corrected chi connectivity index (χ1v) is 8.74. The van der Waals surface area contributed by atoms with Gasteiger partial charge in [-0.1, -0.05) is 40.0 Å². The maximum absolute atomic E-state index is 12.3. The van der Waals surface area contributed by atoms with Gasteiger partial charge in [-0.15, -0.1) is 0 Å². The van der Waals surface area contributed by atoms with Crippen molar-refractivity contribution in [1.82, 2.24) is 0 Å². The summed E-state index contributed by atoms with van der Waals surface area (Å²) >= 11 is 0. The Kier molecular flexibility index (Phi) is 5.91. The van der Waals surface area contributed by atoms with Crippen LogP contribution < -0.4 is 0 Å². The maximum Gasteiger partial charge on any atom is 0.338 e. The fourth-order valence-electron chi connectivity index (χ4n) is 3.33. The predicted molar refractivity (Wildman–Crippen MR) is 87.3 cm³/mol. The third-order valence-electron chi connectivity index (χ3n) is 4.48. The molecule has 2 rings (SSSR count). The largest absolute Gasteiger partial charge is 0.508 e. The van der Waals surface area contributed by atoms with Crippen LogP contribution in [0.2, 0.25) is 0 Å². The smallest absolute Gasteiger partial charge is 0.338 e. The Balaban J connectivity index is 2.42. The van der Waals surface area contributed by atoms with Crippen LogP contribution in [0.4, 0.5) is 0 Å². The van der Waals surface area contributed by atoms with Gasteiger partial charge in [0.1, 0.15) is 11.5 Å². The van der Waals surface area contributed by atoms with Crippen LogP contribution in [-0.4, -0.2) is 34.4 Å². The summed E-state index contributed by atoms with van der Waals surface area (Å²) in [6, 6.07) is 0. The lowest BCUT2D eigenvalue weighted by Crippen LogP contribution is -2.19. The average Bonchev–Trinajstić information content (AvgIpc) is 2.96. The number of ether oxygens (including phenoxy) is 2. The molecule has 0 saturated heterocycles. The molecule has 0 radical (unpaired) electrons. The van der Waals surface area contributed by atoms with Crippen molar-refractivity contribution in [2.45, 2.75) is 71.5 Å². The molecule has 6 heteroatoms. The van der Waals surface area contributed by atoms with Crippen LogP contribution in [0.3, 0.4) is 0 Å². The molecule has 0 saturated carbocycles. The van der Waals surface area contributed by atoms with E-state index in [-0.39, 0.29) is 22.7 Å².